The van der Waals surface area contributed by atoms with Gasteiger partial charge in [-0.05, 0) is 26.0 Å². The maximum Gasteiger partial charge on any atom is 0.339 e. The van der Waals surface area contributed by atoms with E-state index in [1.165, 1.54) is 12.1 Å². The summed E-state index contributed by atoms with van der Waals surface area (Å²) < 4.78 is 9.76. The van der Waals surface area contributed by atoms with Crippen LogP contribution >= 0.6 is 0 Å². The van der Waals surface area contributed by atoms with Crippen LogP contribution in [-0.2, 0) is 9.47 Å². The average Bonchev–Trinajstić information content (AvgIpc) is 2.38. The predicted octanol–water partition coefficient (Wildman–Crippen LogP) is 2.02. The topological polar surface area (TPSA) is 52.6 Å². The van der Waals surface area contributed by atoms with Crippen molar-refractivity contribution in [2.75, 3.05) is 13.2 Å². The zero-order chi connectivity index (χ0) is 13.5. The third-order valence-corrected chi connectivity index (χ3v) is 2.20. The van der Waals surface area contributed by atoms with Crippen molar-refractivity contribution in [3.63, 3.8) is 0 Å². The van der Waals surface area contributed by atoms with Crippen molar-refractivity contribution in [3.05, 3.63) is 34.9 Å². The van der Waals surface area contributed by atoms with Gasteiger partial charge in [-0.25, -0.2) is 9.59 Å². The average molecular weight is 246 g/mol. The van der Waals surface area contributed by atoms with Crippen molar-refractivity contribution >= 4 is 11.9 Å². The predicted molar refractivity (Wildman–Crippen MR) is 66.3 cm³/mol. The molecule has 1 rings (SSSR count). The van der Waals surface area contributed by atoms with Crippen LogP contribution in [0.25, 0.3) is 0 Å². The molecule has 0 saturated heterocycles. The molecular weight excluding hydrogens is 232 g/mol. The van der Waals surface area contributed by atoms with E-state index in [-0.39, 0.29) is 29.9 Å². The van der Waals surface area contributed by atoms with Crippen LogP contribution in [-0.4, -0.2) is 25.2 Å². The fourth-order valence-corrected chi connectivity index (χ4v) is 1.47. The van der Waals surface area contributed by atoms with Crippen molar-refractivity contribution in [3.8, 4) is 12.3 Å². The Balaban J connectivity index is 3.23. The molecule has 0 spiro atoms. The summed E-state index contributed by atoms with van der Waals surface area (Å²) in [5, 5.41) is 0. The van der Waals surface area contributed by atoms with Gasteiger partial charge in [-0.1, -0.05) is 12.0 Å². The largest absolute Gasteiger partial charge is 0.462 e. The van der Waals surface area contributed by atoms with Crippen LogP contribution in [0.3, 0.4) is 0 Å². The molecule has 0 heterocycles. The highest BCUT2D eigenvalue weighted by Gasteiger charge is 2.19. The molecule has 94 valence electrons. The molecule has 0 saturated carbocycles. The Morgan fingerprint density at radius 1 is 1.11 bits per heavy atom. The van der Waals surface area contributed by atoms with Gasteiger partial charge in [-0.2, -0.15) is 0 Å². The van der Waals surface area contributed by atoms with E-state index in [0.29, 0.717) is 0 Å². The van der Waals surface area contributed by atoms with Crippen LogP contribution < -0.4 is 0 Å². The lowest BCUT2D eigenvalue weighted by Crippen LogP contribution is -2.12. The molecule has 0 atom stereocenters. The number of benzene rings is 1. The Bertz CT molecular complexity index is 461. The van der Waals surface area contributed by atoms with Gasteiger partial charge in [0.1, 0.15) is 0 Å². The van der Waals surface area contributed by atoms with E-state index in [4.69, 9.17) is 15.9 Å². The Labute approximate surface area is 106 Å². The zero-order valence-corrected chi connectivity index (χ0v) is 10.4. The number of ether oxygens (including phenoxy) is 2. The summed E-state index contributed by atoms with van der Waals surface area (Å²) in [5.74, 6) is 1.25. The van der Waals surface area contributed by atoms with Gasteiger partial charge in [0.2, 0.25) is 0 Å². The molecule has 0 aliphatic heterocycles. The number of rotatable bonds is 4. The number of hydrogen-bond donors (Lipinski definition) is 0. The van der Waals surface area contributed by atoms with E-state index in [9.17, 15) is 9.59 Å². The smallest absolute Gasteiger partial charge is 0.339 e. The Kier molecular flexibility index (Phi) is 4.94. The highest BCUT2D eigenvalue weighted by Crippen LogP contribution is 2.16. The number of terminal acetylenes is 1. The fourth-order valence-electron chi connectivity index (χ4n) is 1.47. The molecule has 0 aliphatic carbocycles. The van der Waals surface area contributed by atoms with E-state index in [2.05, 4.69) is 5.92 Å². The molecule has 1 aromatic rings. The van der Waals surface area contributed by atoms with Gasteiger partial charge >= 0.3 is 11.9 Å². The minimum atomic E-state index is -0.545. The number of hydrogen-bond acceptors (Lipinski definition) is 4. The normalized spacial score (nSPS) is 9.39. The first-order chi connectivity index (χ1) is 8.65. The van der Waals surface area contributed by atoms with Crippen molar-refractivity contribution in [2.45, 2.75) is 13.8 Å². The highest BCUT2D eigenvalue weighted by molar-refractivity contribution is 5.99. The van der Waals surface area contributed by atoms with Crippen molar-refractivity contribution in [1.29, 1.82) is 0 Å². The molecule has 4 nitrogen and oxygen atoms in total. The van der Waals surface area contributed by atoms with Gasteiger partial charge in [0.25, 0.3) is 0 Å². The summed E-state index contributed by atoms with van der Waals surface area (Å²) in [6, 6.07) is 4.62. The summed E-state index contributed by atoms with van der Waals surface area (Å²) in [6.07, 6.45) is 5.35. The molecule has 0 fully saturated rings. The molecule has 0 N–H and O–H groups in total. The number of esters is 2. The van der Waals surface area contributed by atoms with Crippen LogP contribution in [0.2, 0.25) is 0 Å². The molecule has 18 heavy (non-hydrogen) atoms. The monoisotopic (exact) mass is 246 g/mol. The van der Waals surface area contributed by atoms with Crippen molar-refractivity contribution in [1.82, 2.24) is 0 Å². The van der Waals surface area contributed by atoms with Crippen molar-refractivity contribution < 1.29 is 19.1 Å². The zero-order valence-electron chi connectivity index (χ0n) is 10.4. The highest BCUT2D eigenvalue weighted by atomic mass is 16.5. The second-order valence-corrected chi connectivity index (χ2v) is 3.31. The summed E-state index contributed by atoms with van der Waals surface area (Å²) in [6.45, 7) is 3.88. The summed E-state index contributed by atoms with van der Waals surface area (Å²) in [5.41, 5.74) is 0.601. The fraction of sp³-hybridized carbons (Fsp3) is 0.286. The maximum atomic E-state index is 11.7. The standard InChI is InChI=1S/C14H14O4/c1-4-10-11(13(15)17-5-2)8-7-9-12(10)14(16)18-6-3/h1,7-9H,5-6H2,2-3H3. The number of carbonyl (C=O) groups is 2. The van der Waals surface area contributed by atoms with E-state index < -0.39 is 11.9 Å². The SMILES string of the molecule is C#Cc1c(C(=O)OCC)cccc1C(=O)OCC. The van der Waals surface area contributed by atoms with Gasteiger partial charge in [0, 0.05) is 0 Å². The molecule has 0 amide bonds. The van der Waals surface area contributed by atoms with Gasteiger partial charge in [0.15, 0.2) is 0 Å². The van der Waals surface area contributed by atoms with E-state index >= 15 is 0 Å². The van der Waals surface area contributed by atoms with E-state index in [0.717, 1.165) is 0 Å². The maximum absolute atomic E-state index is 11.7. The second kappa shape index (κ2) is 6.45. The van der Waals surface area contributed by atoms with Gasteiger partial charge in [-0.15, -0.1) is 6.42 Å². The first-order valence-electron chi connectivity index (χ1n) is 5.59. The van der Waals surface area contributed by atoms with Gasteiger partial charge in [0.05, 0.1) is 29.9 Å². The molecule has 0 aromatic heterocycles. The van der Waals surface area contributed by atoms with E-state index in [1.54, 1.807) is 19.9 Å². The molecule has 4 heteroatoms. The summed E-state index contributed by atoms with van der Waals surface area (Å²) in [4.78, 5) is 23.4. The molecule has 0 unspecified atom stereocenters. The molecular formula is C14H14O4. The lowest BCUT2D eigenvalue weighted by Gasteiger charge is -2.08. The minimum Gasteiger partial charge on any atom is -0.462 e. The molecule has 0 aliphatic rings. The van der Waals surface area contributed by atoms with Crippen LogP contribution in [0.1, 0.15) is 40.1 Å². The second-order valence-electron chi connectivity index (χ2n) is 3.31. The van der Waals surface area contributed by atoms with Crippen molar-refractivity contribution in [2.24, 2.45) is 0 Å². The Hall–Kier alpha value is -2.28. The van der Waals surface area contributed by atoms with Gasteiger partial charge < -0.3 is 9.47 Å². The van der Waals surface area contributed by atoms with Gasteiger partial charge in [-0.3, -0.25) is 0 Å². The van der Waals surface area contributed by atoms with E-state index in [1.807, 2.05) is 0 Å². The molecule has 1 aromatic carbocycles. The Morgan fingerprint density at radius 2 is 1.56 bits per heavy atom. The lowest BCUT2D eigenvalue weighted by molar-refractivity contribution is 0.0524. The molecule has 0 bridgehead atoms. The van der Waals surface area contributed by atoms with Crippen LogP contribution in [0.5, 0.6) is 0 Å². The van der Waals surface area contributed by atoms with Crippen LogP contribution in [0.15, 0.2) is 18.2 Å². The van der Waals surface area contributed by atoms with Crippen LogP contribution in [0, 0.1) is 12.3 Å². The minimum absolute atomic E-state index is 0.199. The molecule has 0 radical (unpaired) electrons. The van der Waals surface area contributed by atoms with Crippen LogP contribution in [0.4, 0.5) is 0 Å². The quantitative estimate of drug-likeness (QED) is 0.602. The first kappa shape index (κ1) is 13.8. The lowest BCUT2D eigenvalue weighted by atomic mass is 10.0. The third kappa shape index (κ3) is 2.89. The summed E-state index contributed by atoms with van der Waals surface area (Å²) >= 11 is 0. The first-order valence-corrected chi connectivity index (χ1v) is 5.59. The summed E-state index contributed by atoms with van der Waals surface area (Å²) in [7, 11) is 0. The third-order valence-electron chi connectivity index (χ3n) is 2.20. The Morgan fingerprint density at radius 3 is 1.89 bits per heavy atom. The number of carbonyl (C=O) groups excluding carboxylic acids is 2.